The Morgan fingerprint density at radius 3 is 2.53 bits per heavy atom. The van der Waals surface area contributed by atoms with E-state index in [1.54, 1.807) is 20.8 Å². The third-order valence-electron chi connectivity index (χ3n) is 2.52. The molecule has 1 rings (SSSR count). The summed E-state index contributed by atoms with van der Waals surface area (Å²) in [5.41, 5.74) is -0.502. The van der Waals surface area contributed by atoms with Gasteiger partial charge in [0.25, 0.3) is 0 Å². The molecule has 1 N–H and O–H groups in total. The fraction of sp³-hybridized carbons (Fsp3) is 0.909. The Hall–Kier alpha value is -0.620. The number of rotatable bonds is 4. The molecule has 5 nitrogen and oxygen atoms in total. The molecule has 0 aliphatic carbocycles. The fourth-order valence-electron chi connectivity index (χ4n) is 1.80. The standard InChI is InChI=1S/C11H21NO4S/c1-11(2,3)16-10(13)8-12-7-9-5-4-6-17(9,14)15/h9,12H,4-8H2,1-3H3. The highest BCUT2D eigenvalue weighted by Gasteiger charge is 2.30. The number of ether oxygens (including phenoxy) is 1. The molecule has 0 aromatic heterocycles. The number of hydrogen-bond donors (Lipinski definition) is 1. The molecular formula is C11H21NO4S. The van der Waals surface area contributed by atoms with Gasteiger partial charge in [-0.2, -0.15) is 0 Å². The van der Waals surface area contributed by atoms with Gasteiger partial charge >= 0.3 is 5.97 Å². The Morgan fingerprint density at radius 2 is 2.06 bits per heavy atom. The van der Waals surface area contributed by atoms with Crippen LogP contribution < -0.4 is 5.32 Å². The zero-order chi connectivity index (χ0) is 13.1. The van der Waals surface area contributed by atoms with Crippen LogP contribution in [-0.2, 0) is 19.4 Å². The zero-order valence-corrected chi connectivity index (χ0v) is 11.5. The van der Waals surface area contributed by atoms with Gasteiger partial charge in [0, 0.05) is 6.54 Å². The topological polar surface area (TPSA) is 72.5 Å². The molecule has 1 unspecified atom stereocenters. The minimum absolute atomic E-state index is 0.0588. The molecule has 0 aromatic carbocycles. The molecule has 0 bridgehead atoms. The van der Waals surface area contributed by atoms with Crippen molar-refractivity contribution in [3.8, 4) is 0 Å². The van der Waals surface area contributed by atoms with Gasteiger partial charge in [-0.25, -0.2) is 8.42 Å². The molecule has 6 heteroatoms. The zero-order valence-electron chi connectivity index (χ0n) is 10.7. The van der Waals surface area contributed by atoms with Crippen molar-refractivity contribution in [3.63, 3.8) is 0 Å². The molecule has 1 aliphatic rings. The summed E-state index contributed by atoms with van der Waals surface area (Å²) in [6.45, 7) is 5.79. The van der Waals surface area contributed by atoms with Crippen LogP contribution in [0.5, 0.6) is 0 Å². The van der Waals surface area contributed by atoms with E-state index < -0.39 is 15.4 Å². The summed E-state index contributed by atoms with van der Waals surface area (Å²) in [5.74, 6) is -0.0842. The molecule has 0 aromatic rings. The molecule has 1 fully saturated rings. The predicted octanol–water partition coefficient (Wildman–Crippen LogP) is 0.495. The minimum Gasteiger partial charge on any atom is -0.459 e. The summed E-state index contributed by atoms with van der Waals surface area (Å²) in [7, 11) is -2.93. The number of nitrogens with one attached hydrogen (secondary N) is 1. The second kappa shape index (κ2) is 5.35. The van der Waals surface area contributed by atoms with Gasteiger partial charge in [0.1, 0.15) is 5.60 Å². The smallest absolute Gasteiger partial charge is 0.320 e. The molecule has 0 spiro atoms. The number of esters is 1. The summed E-state index contributed by atoms with van der Waals surface area (Å²) in [6.07, 6.45) is 1.41. The lowest BCUT2D eigenvalue weighted by Crippen LogP contribution is -2.36. The summed E-state index contributed by atoms with van der Waals surface area (Å²) >= 11 is 0. The molecule has 1 atom stereocenters. The number of carbonyl (C=O) groups is 1. The van der Waals surface area contributed by atoms with Crippen LogP contribution in [-0.4, -0.2) is 44.1 Å². The maximum atomic E-state index is 11.5. The van der Waals surface area contributed by atoms with Crippen LogP contribution in [0.4, 0.5) is 0 Å². The molecule has 1 saturated heterocycles. The van der Waals surface area contributed by atoms with Crippen molar-refractivity contribution in [2.45, 2.75) is 44.5 Å². The van der Waals surface area contributed by atoms with Crippen LogP contribution >= 0.6 is 0 Å². The van der Waals surface area contributed by atoms with Crippen molar-refractivity contribution in [2.75, 3.05) is 18.8 Å². The highest BCUT2D eigenvalue weighted by atomic mass is 32.2. The van der Waals surface area contributed by atoms with E-state index in [1.807, 2.05) is 0 Å². The summed E-state index contributed by atoms with van der Waals surface area (Å²) < 4.78 is 28.1. The van der Waals surface area contributed by atoms with E-state index in [4.69, 9.17) is 4.74 Å². The van der Waals surface area contributed by atoms with Crippen molar-refractivity contribution >= 4 is 15.8 Å². The monoisotopic (exact) mass is 263 g/mol. The molecular weight excluding hydrogens is 242 g/mol. The van der Waals surface area contributed by atoms with E-state index in [0.29, 0.717) is 13.0 Å². The van der Waals surface area contributed by atoms with Crippen LogP contribution in [0.3, 0.4) is 0 Å². The van der Waals surface area contributed by atoms with E-state index in [2.05, 4.69) is 5.32 Å². The highest BCUT2D eigenvalue weighted by Crippen LogP contribution is 2.18. The van der Waals surface area contributed by atoms with Gasteiger partial charge in [-0.1, -0.05) is 0 Å². The first-order valence-corrected chi connectivity index (χ1v) is 7.56. The lowest BCUT2D eigenvalue weighted by Gasteiger charge is -2.20. The second-order valence-electron chi connectivity index (χ2n) is 5.35. The molecule has 17 heavy (non-hydrogen) atoms. The first-order chi connectivity index (χ1) is 7.71. The largest absolute Gasteiger partial charge is 0.459 e. The van der Waals surface area contributed by atoms with Crippen molar-refractivity contribution in [1.29, 1.82) is 0 Å². The second-order valence-corrected chi connectivity index (χ2v) is 7.75. The Kier molecular flexibility index (Phi) is 4.55. The van der Waals surface area contributed by atoms with Crippen molar-refractivity contribution < 1.29 is 17.9 Å². The number of carbonyl (C=O) groups excluding carboxylic acids is 1. The van der Waals surface area contributed by atoms with Crippen LogP contribution in [0, 0.1) is 0 Å². The van der Waals surface area contributed by atoms with Gasteiger partial charge in [-0.05, 0) is 33.6 Å². The predicted molar refractivity (Wildman–Crippen MR) is 65.5 cm³/mol. The van der Waals surface area contributed by atoms with Gasteiger partial charge in [0.15, 0.2) is 9.84 Å². The normalized spacial score (nSPS) is 23.6. The molecule has 0 saturated carbocycles. The minimum atomic E-state index is -2.93. The first-order valence-electron chi connectivity index (χ1n) is 5.85. The number of hydrogen-bond acceptors (Lipinski definition) is 5. The first kappa shape index (κ1) is 14.4. The van der Waals surface area contributed by atoms with Crippen LogP contribution in [0.25, 0.3) is 0 Å². The lowest BCUT2D eigenvalue weighted by atomic mass is 10.2. The third-order valence-corrected chi connectivity index (χ3v) is 4.80. The number of sulfone groups is 1. The molecule has 1 heterocycles. The van der Waals surface area contributed by atoms with Gasteiger partial charge < -0.3 is 10.1 Å². The fourth-order valence-corrected chi connectivity index (χ4v) is 3.60. The van der Waals surface area contributed by atoms with Gasteiger partial charge in [0.2, 0.25) is 0 Å². The Morgan fingerprint density at radius 1 is 1.41 bits per heavy atom. The summed E-state index contributed by atoms with van der Waals surface area (Å²) in [6, 6.07) is 0. The molecule has 0 radical (unpaired) electrons. The van der Waals surface area contributed by atoms with E-state index in [1.165, 1.54) is 0 Å². The van der Waals surface area contributed by atoms with Crippen molar-refractivity contribution in [2.24, 2.45) is 0 Å². The summed E-state index contributed by atoms with van der Waals surface area (Å²) in [4.78, 5) is 11.4. The van der Waals surface area contributed by atoms with Crippen LogP contribution in [0.15, 0.2) is 0 Å². The maximum absolute atomic E-state index is 11.5. The van der Waals surface area contributed by atoms with E-state index in [9.17, 15) is 13.2 Å². The van der Waals surface area contributed by atoms with Crippen LogP contribution in [0.2, 0.25) is 0 Å². The van der Waals surface area contributed by atoms with E-state index >= 15 is 0 Å². The third kappa shape index (κ3) is 5.04. The quantitative estimate of drug-likeness (QED) is 0.748. The van der Waals surface area contributed by atoms with Crippen LogP contribution in [0.1, 0.15) is 33.6 Å². The Balaban J connectivity index is 2.27. The molecule has 0 amide bonds. The SMILES string of the molecule is CC(C)(C)OC(=O)CNCC1CCCS1(=O)=O. The van der Waals surface area contributed by atoms with Gasteiger partial charge in [-0.3, -0.25) is 4.79 Å². The highest BCUT2D eigenvalue weighted by molar-refractivity contribution is 7.92. The van der Waals surface area contributed by atoms with E-state index in [-0.39, 0.29) is 23.5 Å². The summed E-state index contributed by atoms with van der Waals surface area (Å²) in [5, 5.41) is 2.51. The Bertz CT molecular complexity index is 369. The average molecular weight is 263 g/mol. The molecule has 100 valence electrons. The van der Waals surface area contributed by atoms with E-state index in [0.717, 1.165) is 6.42 Å². The molecule has 1 aliphatic heterocycles. The lowest BCUT2D eigenvalue weighted by molar-refractivity contribution is -0.153. The maximum Gasteiger partial charge on any atom is 0.320 e. The van der Waals surface area contributed by atoms with Gasteiger partial charge in [-0.15, -0.1) is 0 Å². The Labute approximate surface area is 103 Å². The average Bonchev–Trinajstić information content (AvgIpc) is 2.42. The van der Waals surface area contributed by atoms with Crippen molar-refractivity contribution in [1.82, 2.24) is 5.32 Å². The van der Waals surface area contributed by atoms with Gasteiger partial charge in [0.05, 0.1) is 17.5 Å². The van der Waals surface area contributed by atoms with Crippen molar-refractivity contribution in [3.05, 3.63) is 0 Å².